The summed E-state index contributed by atoms with van der Waals surface area (Å²) in [5, 5.41) is 0. The molecule has 0 radical (unpaired) electrons. The van der Waals surface area contributed by atoms with Crippen LogP contribution >= 0.6 is 0 Å². The molecule has 21 heavy (non-hydrogen) atoms. The fraction of sp³-hybridized carbons (Fsp3) is 0.600. The van der Waals surface area contributed by atoms with E-state index in [4.69, 9.17) is 0 Å². The zero-order valence-corrected chi connectivity index (χ0v) is 13.3. The number of hydrogen-bond acceptors (Lipinski definition) is 4. The molecule has 0 N–H and O–H groups in total. The van der Waals surface area contributed by atoms with Gasteiger partial charge in [-0.15, -0.1) is 0 Å². The molecule has 0 unspecified atom stereocenters. The van der Waals surface area contributed by atoms with Gasteiger partial charge in [-0.25, -0.2) is 8.42 Å². The quantitative estimate of drug-likeness (QED) is 0.846. The maximum atomic E-state index is 11.5. The maximum Gasteiger partial charge on any atom is 0.211 e. The predicted molar refractivity (Wildman–Crippen MR) is 86.5 cm³/mol. The van der Waals surface area contributed by atoms with Gasteiger partial charge < -0.3 is 9.80 Å². The normalized spacial score (nSPS) is 21.0. The minimum absolute atomic E-state index is 0.576. The van der Waals surface area contributed by atoms with E-state index in [1.165, 1.54) is 30.5 Å². The Morgan fingerprint density at radius 3 is 1.62 bits per heavy atom. The van der Waals surface area contributed by atoms with Crippen molar-refractivity contribution in [2.75, 3.05) is 55.3 Å². The number of rotatable bonds is 3. The summed E-state index contributed by atoms with van der Waals surface area (Å²) < 4.78 is 24.6. The summed E-state index contributed by atoms with van der Waals surface area (Å²) in [7, 11) is -3.05. The van der Waals surface area contributed by atoms with E-state index in [9.17, 15) is 8.42 Å². The molecule has 116 valence electrons. The van der Waals surface area contributed by atoms with Crippen molar-refractivity contribution in [3.05, 3.63) is 24.3 Å². The third kappa shape index (κ3) is 3.32. The first-order chi connectivity index (χ1) is 10.0. The average Bonchev–Trinajstić information content (AvgIpc) is 3.01. The van der Waals surface area contributed by atoms with Crippen molar-refractivity contribution in [3.63, 3.8) is 0 Å². The van der Waals surface area contributed by atoms with Gasteiger partial charge in [0.15, 0.2) is 0 Å². The number of benzene rings is 1. The monoisotopic (exact) mass is 309 g/mol. The van der Waals surface area contributed by atoms with Crippen molar-refractivity contribution in [2.24, 2.45) is 0 Å². The van der Waals surface area contributed by atoms with Crippen LogP contribution in [0.25, 0.3) is 0 Å². The molecule has 1 aromatic rings. The fourth-order valence-electron chi connectivity index (χ4n) is 3.13. The minimum Gasteiger partial charge on any atom is -0.372 e. The lowest BCUT2D eigenvalue weighted by molar-refractivity contribution is 0.388. The van der Waals surface area contributed by atoms with Gasteiger partial charge >= 0.3 is 0 Å². The van der Waals surface area contributed by atoms with E-state index in [0.717, 1.165) is 26.2 Å². The van der Waals surface area contributed by atoms with E-state index in [-0.39, 0.29) is 0 Å². The van der Waals surface area contributed by atoms with Gasteiger partial charge in [-0.1, -0.05) is 0 Å². The largest absolute Gasteiger partial charge is 0.372 e. The van der Waals surface area contributed by atoms with Crippen LogP contribution in [0.3, 0.4) is 0 Å². The third-order valence-corrected chi connectivity index (χ3v) is 5.70. The van der Waals surface area contributed by atoms with Gasteiger partial charge in [0.25, 0.3) is 0 Å². The number of hydrogen-bond donors (Lipinski definition) is 0. The first kappa shape index (κ1) is 14.7. The van der Waals surface area contributed by atoms with Crippen LogP contribution in [0.15, 0.2) is 24.3 Å². The SMILES string of the molecule is CS(=O)(=O)N1CCN(c2ccc(N3CCCC3)cc2)CC1. The van der Waals surface area contributed by atoms with Crippen molar-refractivity contribution in [3.8, 4) is 0 Å². The Labute approximate surface area is 127 Å². The van der Waals surface area contributed by atoms with Gasteiger partial charge in [0.1, 0.15) is 0 Å². The van der Waals surface area contributed by atoms with Gasteiger partial charge in [0.05, 0.1) is 6.26 Å². The Kier molecular flexibility index (Phi) is 4.08. The summed E-state index contributed by atoms with van der Waals surface area (Å²) >= 11 is 0. The second-order valence-corrected chi connectivity index (χ2v) is 7.84. The Hall–Kier alpha value is -1.27. The number of anilines is 2. The van der Waals surface area contributed by atoms with E-state index >= 15 is 0 Å². The molecule has 6 heteroatoms. The van der Waals surface area contributed by atoms with Gasteiger partial charge in [-0.05, 0) is 37.1 Å². The van der Waals surface area contributed by atoms with Crippen LogP contribution in [0.1, 0.15) is 12.8 Å². The van der Waals surface area contributed by atoms with Crippen LogP contribution in [-0.2, 0) is 10.0 Å². The van der Waals surface area contributed by atoms with Gasteiger partial charge in [0.2, 0.25) is 10.0 Å². The maximum absolute atomic E-state index is 11.5. The number of sulfonamides is 1. The van der Waals surface area contributed by atoms with Crippen LogP contribution in [-0.4, -0.2) is 58.2 Å². The first-order valence-electron chi connectivity index (χ1n) is 7.59. The van der Waals surface area contributed by atoms with Crippen LogP contribution < -0.4 is 9.80 Å². The molecule has 2 aliphatic rings. The Balaban J connectivity index is 1.63. The lowest BCUT2D eigenvalue weighted by Gasteiger charge is -2.35. The summed E-state index contributed by atoms with van der Waals surface area (Å²) in [6, 6.07) is 8.68. The van der Waals surface area contributed by atoms with E-state index in [1.54, 1.807) is 4.31 Å². The molecule has 2 aliphatic heterocycles. The minimum atomic E-state index is -3.05. The molecule has 0 spiro atoms. The predicted octanol–water partition coefficient (Wildman–Crippen LogP) is 1.37. The fourth-order valence-corrected chi connectivity index (χ4v) is 3.95. The van der Waals surface area contributed by atoms with Crippen molar-refractivity contribution >= 4 is 21.4 Å². The number of piperazine rings is 1. The summed E-state index contributed by atoms with van der Waals surface area (Å²) in [6.45, 7) is 4.99. The average molecular weight is 309 g/mol. The molecule has 0 aromatic heterocycles. The number of nitrogens with zero attached hydrogens (tertiary/aromatic N) is 3. The van der Waals surface area contributed by atoms with Gasteiger partial charge in [-0.3, -0.25) is 0 Å². The molecule has 3 rings (SSSR count). The van der Waals surface area contributed by atoms with Crippen molar-refractivity contribution in [2.45, 2.75) is 12.8 Å². The van der Waals surface area contributed by atoms with Crippen LogP contribution in [0.4, 0.5) is 11.4 Å². The second-order valence-electron chi connectivity index (χ2n) is 5.86. The lowest BCUT2D eigenvalue weighted by Crippen LogP contribution is -2.48. The highest BCUT2D eigenvalue weighted by Crippen LogP contribution is 2.24. The molecule has 2 saturated heterocycles. The highest BCUT2D eigenvalue weighted by molar-refractivity contribution is 7.88. The Morgan fingerprint density at radius 2 is 1.19 bits per heavy atom. The van der Waals surface area contributed by atoms with Gasteiger partial charge in [0, 0.05) is 50.6 Å². The molecule has 2 heterocycles. The Bertz CT molecular complexity index is 571. The summed E-state index contributed by atoms with van der Waals surface area (Å²) in [4.78, 5) is 4.68. The molecule has 0 atom stereocenters. The topological polar surface area (TPSA) is 43.9 Å². The Morgan fingerprint density at radius 1 is 0.762 bits per heavy atom. The molecule has 1 aromatic carbocycles. The molecule has 0 aliphatic carbocycles. The van der Waals surface area contributed by atoms with Crippen LogP contribution in [0.5, 0.6) is 0 Å². The molecule has 0 saturated carbocycles. The molecular weight excluding hydrogens is 286 g/mol. The van der Waals surface area contributed by atoms with E-state index < -0.39 is 10.0 Å². The van der Waals surface area contributed by atoms with Crippen molar-refractivity contribution in [1.82, 2.24) is 4.31 Å². The van der Waals surface area contributed by atoms with Gasteiger partial charge in [-0.2, -0.15) is 4.31 Å². The third-order valence-electron chi connectivity index (χ3n) is 4.39. The van der Waals surface area contributed by atoms with E-state index in [1.807, 2.05) is 0 Å². The highest BCUT2D eigenvalue weighted by Gasteiger charge is 2.23. The van der Waals surface area contributed by atoms with E-state index in [2.05, 4.69) is 34.1 Å². The smallest absolute Gasteiger partial charge is 0.211 e. The summed E-state index contributed by atoms with van der Waals surface area (Å²) in [5.74, 6) is 0. The zero-order chi connectivity index (χ0) is 14.9. The molecule has 2 fully saturated rings. The summed E-state index contributed by atoms with van der Waals surface area (Å²) in [6.07, 6.45) is 3.86. The first-order valence-corrected chi connectivity index (χ1v) is 9.44. The van der Waals surface area contributed by atoms with Crippen molar-refractivity contribution in [1.29, 1.82) is 0 Å². The molecular formula is C15H23N3O2S. The molecule has 5 nitrogen and oxygen atoms in total. The lowest BCUT2D eigenvalue weighted by atomic mass is 10.2. The molecule has 0 amide bonds. The van der Waals surface area contributed by atoms with Crippen LogP contribution in [0.2, 0.25) is 0 Å². The molecule has 0 bridgehead atoms. The zero-order valence-electron chi connectivity index (χ0n) is 12.5. The summed E-state index contributed by atoms with van der Waals surface area (Å²) in [5.41, 5.74) is 2.48. The van der Waals surface area contributed by atoms with E-state index in [0.29, 0.717) is 13.1 Å². The van der Waals surface area contributed by atoms with Crippen LogP contribution in [0, 0.1) is 0 Å². The van der Waals surface area contributed by atoms with Crippen molar-refractivity contribution < 1.29 is 8.42 Å². The standard InChI is InChI=1S/C15H23N3O2S/c1-21(19,20)18-12-10-17(11-13-18)15-6-4-14(5-7-15)16-8-2-3-9-16/h4-7H,2-3,8-13H2,1H3. The highest BCUT2D eigenvalue weighted by atomic mass is 32.2. The second kappa shape index (κ2) is 5.85.